The lowest BCUT2D eigenvalue weighted by Crippen LogP contribution is -2.46. The third kappa shape index (κ3) is 2.32. The van der Waals surface area contributed by atoms with E-state index in [0.717, 1.165) is 0 Å². The van der Waals surface area contributed by atoms with Gasteiger partial charge in [-0.15, -0.1) is 0 Å². The Morgan fingerprint density at radius 2 is 2.38 bits per heavy atom. The van der Waals surface area contributed by atoms with Gasteiger partial charge in [-0.1, -0.05) is 5.11 Å². The minimum atomic E-state index is -0.748. The number of methoxy groups -OCH3 is 1. The Balaban J connectivity index is 2.65. The van der Waals surface area contributed by atoms with Crippen LogP contribution >= 0.6 is 0 Å². The summed E-state index contributed by atoms with van der Waals surface area (Å²) in [7, 11) is 1.52. The summed E-state index contributed by atoms with van der Waals surface area (Å²) >= 11 is 0. The fraction of sp³-hybridized carbons (Fsp3) is 1.00. The zero-order valence-electron chi connectivity index (χ0n) is 7.62. The first-order valence-electron chi connectivity index (χ1n) is 4.09. The maximum absolute atomic E-state index is 9.54. The normalized spacial score (nSPS) is 39.6. The quantitative estimate of drug-likeness (QED) is 0.394. The molecule has 0 radical (unpaired) electrons. The van der Waals surface area contributed by atoms with Crippen LogP contribution in [0.2, 0.25) is 0 Å². The third-order valence-electron chi connectivity index (χ3n) is 2.14. The predicted molar refractivity (Wildman–Crippen MR) is 44.9 cm³/mol. The van der Waals surface area contributed by atoms with Gasteiger partial charge in [0.05, 0.1) is 18.2 Å². The topological polar surface area (TPSA) is 87.5 Å². The highest BCUT2D eigenvalue weighted by Gasteiger charge is 2.34. The van der Waals surface area contributed by atoms with E-state index in [1.54, 1.807) is 6.92 Å². The van der Waals surface area contributed by atoms with Crippen LogP contribution in [0.4, 0.5) is 0 Å². The molecule has 1 aliphatic heterocycles. The lowest BCUT2D eigenvalue weighted by molar-refractivity contribution is -0.211. The van der Waals surface area contributed by atoms with Crippen LogP contribution in [-0.4, -0.2) is 36.8 Å². The molecule has 0 aliphatic carbocycles. The van der Waals surface area contributed by atoms with Crippen molar-refractivity contribution in [3.05, 3.63) is 10.4 Å². The van der Waals surface area contributed by atoms with Gasteiger partial charge in [0, 0.05) is 18.4 Å². The number of ether oxygens (including phenoxy) is 2. The molecule has 1 saturated heterocycles. The first kappa shape index (κ1) is 10.3. The van der Waals surface area contributed by atoms with Crippen molar-refractivity contribution in [2.75, 3.05) is 7.11 Å². The molecule has 0 aromatic rings. The second-order valence-corrected chi connectivity index (χ2v) is 3.01. The molecule has 1 N–H and O–H groups in total. The van der Waals surface area contributed by atoms with Crippen LogP contribution in [0.15, 0.2) is 5.11 Å². The average Bonchev–Trinajstić information content (AvgIpc) is 2.13. The smallest absolute Gasteiger partial charge is 0.158 e. The van der Waals surface area contributed by atoms with Gasteiger partial charge in [-0.25, -0.2) is 0 Å². The van der Waals surface area contributed by atoms with Crippen LogP contribution in [0.25, 0.3) is 10.4 Å². The molecule has 0 spiro atoms. The summed E-state index contributed by atoms with van der Waals surface area (Å²) in [4.78, 5) is 2.67. The fourth-order valence-electron chi connectivity index (χ4n) is 1.36. The van der Waals surface area contributed by atoms with E-state index >= 15 is 0 Å². The monoisotopic (exact) mass is 187 g/mol. The highest BCUT2D eigenvalue weighted by atomic mass is 16.7. The van der Waals surface area contributed by atoms with Crippen molar-refractivity contribution >= 4 is 0 Å². The van der Waals surface area contributed by atoms with E-state index in [1.165, 1.54) is 7.11 Å². The molecule has 74 valence electrons. The Hall–Kier alpha value is -0.810. The number of hydrogen-bond donors (Lipinski definition) is 1. The van der Waals surface area contributed by atoms with Crippen molar-refractivity contribution in [1.29, 1.82) is 0 Å². The van der Waals surface area contributed by atoms with Gasteiger partial charge >= 0.3 is 0 Å². The summed E-state index contributed by atoms with van der Waals surface area (Å²) in [6.45, 7) is 1.72. The molecule has 1 fully saturated rings. The summed E-state index contributed by atoms with van der Waals surface area (Å²) in [6, 6.07) is -0.460. The van der Waals surface area contributed by atoms with E-state index in [9.17, 15) is 5.11 Å². The Morgan fingerprint density at radius 3 is 2.92 bits per heavy atom. The molecule has 6 heteroatoms. The fourth-order valence-corrected chi connectivity index (χ4v) is 1.36. The van der Waals surface area contributed by atoms with Crippen LogP contribution in [0.1, 0.15) is 13.3 Å². The molecular weight excluding hydrogens is 174 g/mol. The van der Waals surface area contributed by atoms with E-state index in [4.69, 9.17) is 15.0 Å². The van der Waals surface area contributed by atoms with E-state index in [1.807, 2.05) is 0 Å². The molecule has 0 aromatic heterocycles. The molecule has 0 aromatic carbocycles. The third-order valence-corrected chi connectivity index (χ3v) is 2.14. The van der Waals surface area contributed by atoms with Gasteiger partial charge in [0.1, 0.15) is 0 Å². The van der Waals surface area contributed by atoms with Crippen molar-refractivity contribution in [2.45, 2.75) is 37.9 Å². The molecule has 0 unspecified atom stereocenters. The number of nitrogens with zero attached hydrogens (tertiary/aromatic N) is 3. The number of aliphatic hydroxyl groups excluding tert-OH is 1. The van der Waals surface area contributed by atoms with Gasteiger partial charge in [0.15, 0.2) is 6.29 Å². The maximum atomic E-state index is 9.54. The number of hydrogen-bond acceptors (Lipinski definition) is 4. The van der Waals surface area contributed by atoms with Gasteiger partial charge in [0.2, 0.25) is 0 Å². The van der Waals surface area contributed by atoms with E-state index < -0.39 is 18.4 Å². The Kier molecular flexibility index (Phi) is 3.50. The SMILES string of the molecule is CO[C@H]1C[C@@H](N=[N+]=[N-])[C@@H](O)[C@@H](C)O1. The molecule has 6 nitrogen and oxygen atoms in total. The number of azide groups is 1. The van der Waals surface area contributed by atoms with E-state index in [0.29, 0.717) is 6.42 Å². The Labute approximate surface area is 76.1 Å². The first-order valence-corrected chi connectivity index (χ1v) is 4.09. The van der Waals surface area contributed by atoms with Crippen LogP contribution < -0.4 is 0 Å². The minimum Gasteiger partial charge on any atom is -0.390 e. The lowest BCUT2D eigenvalue weighted by Gasteiger charge is -2.34. The van der Waals surface area contributed by atoms with Crippen molar-refractivity contribution in [3.8, 4) is 0 Å². The van der Waals surface area contributed by atoms with E-state index in [-0.39, 0.29) is 6.10 Å². The molecule has 13 heavy (non-hydrogen) atoms. The molecule has 1 aliphatic rings. The first-order chi connectivity index (χ1) is 6.19. The second kappa shape index (κ2) is 4.43. The van der Waals surface area contributed by atoms with Gasteiger partial charge in [-0.05, 0) is 12.5 Å². The summed E-state index contributed by atoms with van der Waals surface area (Å²) in [5.41, 5.74) is 8.25. The molecule has 1 heterocycles. The number of rotatable bonds is 2. The summed E-state index contributed by atoms with van der Waals surface area (Å²) in [6.07, 6.45) is -1.11. The molecule has 4 atom stereocenters. The zero-order chi connectivity index (χ0) is 9.84. The van der Waals surface area contributed by atoms with Gasteiger partial charge in [0.25, 0.3) is 0 Å². The highest BCUT2D eigenvalue weighted by Crippen LogP contribution is 2.22. The largest absolute Gasteiger partial charge is 0.390 e. The minimum absolute atomic E-state index is 0.366. The molecule has 0 saturated carbocycles. The molecule has 0 bridgehead atoms. The molecule has 0 amide bonds. The van der Waals surface area contributed by atoms with Gasteiger partial charge in [-0.2, -0.15) is 0 Å². The van der Waals surface area contributed by atoms with Crippen molar-refractivity contribution < 1.29 is 14.6 Å². The average molecular weight is 187 g/mol. The summed E-state index contributed by atoms with van der Waals surface area (Å²) in [5, 5.41) is 13.0. The van der Waals surface area contributed by atoms with Gasteiger partial charge in [-0.3, -0.25) is 0 Å². The second-order valence-electron chi connectivity index (χ2n) is 3.01. The Morgan fingerprint density at radius 1 is 1.69 bits per heavy atom. The Bertz CT molecular complexity index is 217. The van der Waals surface area contributed by atoms with Crippen molar-refractivity contribution in [3.63, 3.8) is 0 Å². The summed E-state index contributed by atoms with van der Waals surface area (Å²) < 4.78 is 10.2. The van der Waals surface area contributed by atoms with Gasteiger partial charge < -0.3 is 14.6 Å². The summed E-state index contributed by atoms with van der Waals surface area (Å²) in [5.74, 6) is 0. The predicted octanol–water partition coefficient (Wildman–Crippen LogP) is 0.807. The molecule has 1 rings (SSSR count). The van der Waals surface area contributed by atoms with Crippen LogP contribution in [0, 0.1) is 0 Å². The van der Waals surface area contributed by atoms with Crippen molar-refractivity contribution in [1.82, 2.24) is 0 Å². The zero-order valence-corrected chi connectivity index (χ0v) is 7.62. The number of aliphatic hydroxyl groups is 1. The van der Waals surface area contributed by atoms with E-state index in [2.05, 4.69) is 10.0 Å². The molecular formula is C7H13N3O3. The highest BCUT2D eigenvalue weighted by molar-refractivity contribution is 4.85. The van der Waals surface area contributed by atoms with Crippen LogP contribution in [0.3, 0.4) is 0 Å². The van der Waals surface area contributed by atoms with Crippen LogP contribution in [-0.2, 0) is 9.47 Å². The lowest BCUT2D eigenvalue weighted by atomic mass is 10.0. The van der Waals surface area contributed by atoms with Crippen LogP contribution in [0.5, 0.6) is 0 Å². The standard InChI is InChI=1S/C7H13N3O3/c1-4-7(11)5(9-10-8)3-6(12-2)13-4/h4-7,11H,3H2,1-2H3/t4-,5-,6-,7+/m1/s1. The maximum Gasteiger partial charge on any atom is 0.158 e. The van der Waals surface area contributed by atoms with Crippen molar-refractivity contribution in [2.24, 2.45) is 5.11 Å².